The number of amides is 1. The zero-order chi connectivity index (χ0) is 21.1. The third kappa shape index (κ3) is 4.90. The highest BCUT2D eigenvalue weighted by Crippen LogP contribution is 2.24. The van der Waals surface area contributed by atoms with E-state index in [4.69, 9.17) is 0 Å². The quantitative estimate of drug-likeness (QED) is 0.751. The van der Waals surface area contributed by atoms with E-state index < -0.39 is 10.0 Å². The van der Waals surface area contributed by atoms with Crippen molar-refractivity contribution in [2.24, 2.45) is 0 Å². The monoisotopic (exact) mass is 433 g/mol. The van der Waals surface area contributed by atoms with Crippen molar-refractivity contribution in [2.75, 3.05) is 55.1 Å². The molecule has 2 aliphatic heterocycles. The minimum Gasteiger partial charge on any atom is -0.370 e. The van der Waals surface area contributed by atoms with Crippen molar-refractivity contribution in [3.63, 3.8) is 0 Å². The van der Waals surface area contributed by atoms with Crippen LogP contribution < -0.4 is 9.62 Å². The molecule has 0 unspecified atom stereocenters. The SMILES string of the molecule is CS(=O)(=O)Nc1ccn(C(=O)N2CCN(Cc3ncccc3N3CCCC3)CC2)n1. The molecule has 162 valence electrons. The molecule has 4 heterocycles. The lowest BCUT2D eigenvalue weighted by atomic mass is 10.2. The maximum absolute atomic E-state index is 12.7. The van der Waals surface area contributed by atoms with Gasteiger partial charge in [-0.2, -0.15) is 4.68 Å². The predicted molar refractivity (Wildman–Crippen MR) is 114 cm³/mol. The first kappa shape index (κ1) is 20.6. The maximum atomic E-state index is 12.7. The molecule has 1 amide bonds. The van der Waals surface area contributed by atoms with Gasteiger partial charge >= 0.3 is 6.03 Å². The minimum atomic E-state index is -3.43. The van der Waals surface area contributed by atoms with Crippen LogP contribution in [0, 0.1) is 0 Å². The van der Waals surface area contributed by atoms with Gasteiger partial charge in [-0.3, -0.25) is 14.6 Å². The number of sulfonamides is 1. The summed E-state index contributed by atoms with van der Waals surface area (Å²) in [5, 5.41) is 4.02. The van der Waals surface area contributed by atoms with Gasteiger partial charge < -0.3 is 9.80 Å². The van der Waals surface area contributed by atoms with Gasteiger partial charge in [0.2, 0.25) is 10.0 Å². The first-order valence-electron chi connectivity index (χ1n) is 10.1. The van der Waals surface area contributed by atoms with E-state index in [1.165, 1.54) is 35.5 Å². The van der Waals surface area contributed by atoms with Gasteiger partial charge in [0.1, 0.15) is 0 Å². The second-order valence-electron chi connectivity index (χ2n) is 7.73. The van der Waals surface area contributed by atoms with Crippen molar-refractivity contribution in [3.8, 4) is 0 Å². The fraction of sp³-hybridized carbons (Fsp3) is 0.526. The third-order valence-corrected chi connectivity index (χ3v) is 5.98. The predicted octanol–water partition coefficient (Wildman–Crippen LogP) is 1.04. The average molecular weight is 434 g/mol. The molecule has 0 saturated carbocycles. The molecule has 2 aliphatic rings. The van der Waals surface area contributed by atoms with Crippen molar-refractivity contribution in [1.29, 1.82) is 0 Å². The Morgan fingerprint density at radius 2 is 1.83 bits per heavy atom. The van der Waals surface area contributed by atoms with Crippen LogP contribution in [-0.2, 0) is 16.6 Å². The van der Waals surface area contributed by atoms with E-state index in [0.29, 0.717) is 13.1 Å². The first-order valence-corrected chi connectivity index (χ1v) is 12.0. The number of anilines is 2. The van der Waals surface area contributed by atoms with Crippen LogP contribution in [0.1, 0.15) is 18.5 Å². The van der Waals surface area contributed by atoms with Gasteiger partial charge in [0.25, 0.3) is 0 Å². The van der Waals surface area contributed by atoms with E-state index in [-0.39, 0.29) is 11.8 Å². The van der Waals surface area contributed by atoms with Crippen LogP contribution in [-0.4, -0.2) is 84.5 Å². The molecule has 2 aromatic heterocycles. The van der Waals surface area contributed by atoms with Gasteiger partial charge in [0.15, 0.2) is 5.82 Å². The average Bonchev–Trinajstić information content (AvgIpc) is 3.39. The van der Waals surface area contributed by atoms with E-state index in [2.05, 4.69) is 30.7 Å². The zero-order valence-electron chi connectivity index (χ0n) is 17.1. The first-order chi connectivity index (χ1) is 14.4. The summed E-state index contributed by atoms with van der Waals surface area (Å²) in [6.07, 6.45) is 6.81. The maximum Gasteiger partial charge on any atom is 0.344 e. The summed E-state index contributed by atoms with van der Waals surface area (Å²) in [5.41, 5.74) is 2.30. The summed E-state index contributed by atoms with van der Waals surface area (Å²) in [4.78, 5) is 23.7. The summed E-state index contributed by atoms with van der Waals surface area (Å²) in [6, 6.07) is 5.35. The standard InChI is InChI=1S/C19H27N7O3S/c1-30(28,29)22-18-6-10-26(21-18)19(27)25-13-11-23(12-14-25)15-16-17(5-4-7-20-16)24-8-2-3-9-24/h4-7,10H,2-3,8-9,11-15H2,1H3,(H,21,22). The number of carbonyl (C=O) groups is 1. The fourth-order valence-electron chi connectivity index (χ4n) is 3.93. The normalized spacial score (nSPS) is 18.0. The molecule has 0 radical (unpaired) electrons. The van der Waals surface area contributed by atoms with Gasteiger partial charge in [-0.15, -0.1) is 5.10 Å². The van der Waals surface area contributed by atoms with Crippen LogP contribution in [0.15, 0.2) is 30.6 Å². The Bertz CT molecular complexity index is 993. The van der Waals surface area contributed by atoms with Crippen LogP contribution in [0.3, 0.4) is 0 Å². The zero-order valence-corrected chi connectivity index (χ0v) is 17.9. The second-order valence-corrected chi connectivity index (χ2v) is 9.48. The van der Waals surface area contributed by atoms with E-state index in [1.807, 2.05) is 12.3 Å². The van der Waals surface area contributed by atoms with Crippen LogP contribution >= 0.6 is 0 Å². The second kappa shape index (κ2) is 8.60. The van der Waals surface area contributed by atoms with Crippen molar-refractivity contribution in [2.45, 2.75) is 19.4 Å². The molecule has 0 spiro atoms. The third-order valence-electron chi connectivity index (χ3n) is 5.40. The Balaban J connectivity index is 1.34. The van der Waals surface area contributed by atoms with Crippen molar-refractivity contribution in [1.82, 2.24) is 24.6 Å². The fourth-order valence-corrected chi connectivity index (χ4v) is 4.41. The summed E-state index contributed by atoms with van der Waals surface area (Å²) in [5.74, 6) is 0.133. The molecule has 2 fully saturated rings. The lowest BCUT2D eigenvalue weighted by Gasteiger charge is -2.34. The number of carbonyl (C=O) groups excluding carboxylic acids is 1. The van der Waals surface area contributed by atoms with Gasteiger partial charge in [-0.25, -0.2) is 13.2 Å². The van der Waals surface area contributed by atoms with Gasteiger partial charge in [0, 0.05) is 64.3 Å². The van der Waals surface area contributed by atoms with Gasteiger partial charge in [-0.05, 0) is 25.0 Å². The molecule has 0 atom stereocenters. The molecule has 0 aromatic carbocycles. The lowest BCUT2D eigenvalue weighted by molar-refractivity contribution is 0.133. The number of nitrogens with one attached hydrogen (secondary N) is 1. The number of nitrogens with zero attached hydrogens (tertiary/aromatic N) is 6. The highest BCUT2D eigenvalue weighted by atomic mass is 32.2. The van der Waals surface area contributed by atoms with Crippen LogP contribution in [0.5, 0.6) is 0 Å². The molecule has 0 aliphatic carbocycles. The molecule has 11 heteroatoms. The van der Waals surface area contributed by atoms with Crippen LogP contribution in [0.25, 0.3) is 0 Å². The molecular formula is C19H27N7O3S. The van der Waals surface area contributed by atoms with Crippen molar-refractivity contribution >= 4 is 27.6 Å². The van der Waals surface area contributed by atoms with Gasteiger partial charge in [-0.1, -0.05) is 0 Å². The van der Waals surface area contributed by atoms with Crippen molar-refractivity contribution < 1.29 is 13.2 Å². The molecule has 4 rings (SSSR count). The summed E-state index contributed by atoms with van der Waals surface area (Å²) in [6.45, 7) is 5.59. The van der Waals surface area contributed by atoms with Crippen LogP contribution in [0.2, 0.25) is 0 Å². The molecule has 0 bridgehead atoms. The highest BCUT2D eigenvalue weighted by Gasteiger charge is 2.25. The van der Waals surface area contributed by atoms with Gasteiger partial charge in [0.05, 0.1) is 17.6 Å². The molecular weight excluding hydrogens is 406 g/mol. The van der Waals surface area contributed by atoms with E-state index in [9.17, 15) is 13.2 Å². The van der Waals surface area contributed by atoms with Crippen molar-refractivity contribution in [3.05, 3.63) is 36.3 Å². The van der Waals surface area contributed by atoms with E-state index in [1.54, 1.807) is 4.90 Å². The smallest absolute Gasteiger partial charge is 0.344 e. The van der Waals surface area contributed by atoms with Crippen LogP contribution in [0.4, 0.5) is 16.3 Å². The Kier molecular flexibility index (Phi) is 5.91. The molecule has 2 aromatic rings. The highest BCUT2D eigenvalue weighted by molar-refractivity contribution is 7.92. The number of aromatic nitrogens is 3. The number of piperazine rings is 1. The molecule has 1 N–H and O–H groups in total. The van der Waals surface area contributed by atoms with E-state index >= 15 is 0 Å². The molecule has 2 saturated heterocycles. The Morgan fingerprint density at radius 1 is 1.10 bits per heavy atom. The number of hydrogen-bond acceptors (Lipinski definition) is 7. The molecule has 30 heavy (non-hydrogen) atoms. The lowest BCUT2D eigenvalue weighted by Crippen LogP contribution is -2.49. The Labute approximate surface area is 176 Å². The Morgan fingerprint density at radius 3 is 2.53 bits per heavy atom. The number of rotatable bonds is 5. The number of hydrogen-bond donors (Lipinski definition) is 1. The largest absolute Gasteiger partial charge is 0.370 e. The summed E-state index contributed by atoms with van der Waals surface area (Å²) in [7, 11) is -3.43. The summed E-state index contributed by atoms with van der Waals surface area (Å²) < 4.78 is 26.1. The molecule has 10 nitrogen and oxygen atoms in total. The Hall–Kier alpha value is -2.66. The summed E-state index contributed by atoms with van der Waals surface area (Å²) >= 11 is 0. The minimum absolute atomic E-state index is 0.133. The number of pyridine rings is 1. The topological polar surface area (TPSA) is 104 Å². The van der Waals surface area contributed by atoms with E-state index in [0.717, 1.165) is 44.7 Å².